The summed E-state index contributed by atoms with van der Waals surface area (Å²) in [7, 11) is 0. The van der Waals surface area contributed by atoms with Crippen LogP contribution in [-0.4, -0.2) is 9.55 Å². The minimum Gasteiger partial charge on any atom is -0.344 e. The SMILES string of the molecule is Cc1cc([C@H](C)N)c(C)n1Cc1cccnc1. The molecule has 0 spiro atoms. The summed E-state index contributed by atoms with van der Waals surface area (Å²) in [6.45, 7) is 7.13. The number of hydrogen-bond donors (Lipinski definition) is 1. The lowest BCUT2D eigenvalue weighted by Gasteiger charge is -2.10. The first kappa shape index (κ1) is 11.9. The lowest BCUT2D eigenvalue weighted by molar-refractivity contribution is 0.728. The zero-order valence-electron chi connectivity index (χ0n) is 10.6. The molecule has 1 atom stereocenters. The predicted molar refractivity (Wildman–Crippen MR) is 69.8 cm³/mol. The zero-order valence-corrected chi connectivity index (χ0v) is 10.6. The highest BCUT2D eigenvalue weighted by molar-refractivity contribution is 5.30. The van der Waals surface area contributed by atoms with E-state index < -0.39 is 0 Å². The predicted octanol–water partition coefficient (Wildman–Crippen LogP) is 2.57. The molecule has 3 heteroatoms. The Balaban J connectivity index is 2.34. The molecular weight excluding hydrogens is 210 g/mol. The van der Waals surface area contributed by atoms with Crippen LogP contribution < -0.4 is 5.73 Å². The normalized spacial score (nSPS) is 12.7. The van der Waals surface area contributed by atoms with Gasteiger partial charge in [-0.25, -0.2) is 0 Å². The Morgan fingerprint density at radius 3 is 2.71 bits per heavy atom. The standard InChI is InChI=1S/C14H19N3/c1-10-7-14(11(2)15)12(3)17(10)9-13-5-4-6-16-8-13/h4-8,11H,9,15H2,1-3H3/t11-/m0/s1. The molecule has 90 valence electrons. The van der Waals surface area contributed by atoms with E-state index in [1.165, 1.54) is 22.5 Å². The molecule has 0 saturated carbocycles. The maximum absolute atomic E-state index is 5.96. The van der Waals surface area contributed by atoms with E-state index in [4.69, 9.17) is 5.73 Å². The first-order chi connectivity index (χ1) is 8.09. The molecule has 2 aromatic heterocycles. The van der Waals surface area contributed by atoms with Gasteiger partial charge in [0, 0.05) is 36.4 Å². The molecule has 0 bridgehead atoms. The Kier molecular flexibility index (Phi) is 3.29. The molecule has 0 aromatic carbocycles. The molecule has 3 nitrogen and oxygen atoms in total. The van der Waals surface area contributed by atoms with Crippen molar-refractivity contribution in [3.05, 3.63) is 53.1 Å². The van der Waals surface area contributed by atoms with Crippen molar-refractivity contribution in [2.45, 2.75) is 33.4 Å². The van der Waals surface area contributed by atoms with Gasteiger partial charge in [-0.05, 0) is 44.0 Å². The molecule has 0 fully saturated rings. The van der Waals surface area contributed by atoms with Crippen molar-refractivity contribution >= 4 is 0 Å². The number of pyridine rings is 1. The average molecular weight is 229 g/mol. The summed E-state index contributed by atoms with van der Waals surface area (Å²) in [5.41, 5.74) is 10.9. The Labute approximate surface area is 102 Å². The fourth-order valence-electron chi connectivity index (χ4n) is 2.21. The topological polar surface area (TPSA) is 43.8 Å². The van der Waals surface area contributed by atoms with Gasteiger partial charge in [0.05, 0.1) is 0 Å². The van der Waals surface area contributed by atoms with Crippen LogP contribution in [0.3, 0.4) is 0 Å². The van der Waals surface area contributed by atoms with E-state index in [1.54, 1.807) is 6.20 Å². The number of hydrogen-bond acceptors (Lipinski definition) is 2. The lowest BCUT2D eigenvalue weighted by Crippen LogP contribution is -2.08. The van der Waals surface area contributed by atoms with Crippen LogP contribution in [0.2, 0.25) is 0 Å². The van der Waals surface area contributed by atoms with E-state index in [1.807, 2.05) is 19.2 Å². The third-order valence-corrected chi connectivity index (χ3v) is 3.17. The Hall–Kier alpha value is -1.61. The molecule has 2 N–H and O–H groups in total. The summed E-state index contributed by atoms with van der Waals surface area (Å²) < 4.78 is 2.29. The zero-order chi connectivity index (χ0) is 12.4. The van der Waals surface area contributed by atoms with E-state index in [9.17, 15) is 0 Å². The molecule has 17 heavy (non-hydrogen) atoms. The Bertz CT molecular complexity index is 498. The number of aromatic nitrogens is 2. The molecular formula is C14H19N3. The monoisotopic (exact) mass is 229 g/mol. The van der Waals surface area contributed by atoms with Gasteiger partial charge >= 0.3 is 0 Å². The van der Waals surface area contributed by atoms with Gasteiger partial charge in [0.15, 0.2) is 0 Å². The molecule has 0 radical (unpaired) electrons. The first-order valence-corrected chi connectivity index (χ1v) is 5.90. The Morgan fingerprint density at radius 2 is 2.18 bits per heavy atom. The molecule has 0 amide bonds. The van der Waals surface area contributed by atoms with E-state index in [0.717, 1.165) is 6.54 Å². The molecule has 2 heterocycles. The number of nitrogens with two attached hydrogens (primary N) is 1. The van der Waals surface area contributed by atoms with Gasteiger partial charge in [-0.1, -0.05) is 6.07 Å². The molecule has 2 rings (SSSR count). The van der Waals surface area contributed by atoms with Crippen LogP contribution in [0, 0.1) is 13.8 Å². The minimum absolute atomic E-state index is 0.0869. The smallest absolute Gasteiger partial charge is 0.0490 e. The minimum atomic E-state index is 0.0869. The highest BCUT2D eigenvalue weighted by atomic mass is 15.0. The highest BCUT2D eigenvalue weighted by Crippen LogP contribution is 2.21. The van der Waals surface area contributed by atoms with Crippen molar-refractivity contribution in [2.24, 2.45) is 5.73 Å². The highest BCUT2D eigenvalue weighted by Gasteiger charge is 2.11. The molecule has 0 aliphatic heterocycles. The lowest BCUT2D eigenvalue weighted by atomic mass is 10.1. The largest absolute Gasteiger partial charge is 0.344 e. The van der Waals surface area contributed by atoms with Gasteiger partial charge in [0.2, 0.25) is 0 Å². The second-order valence-corrected chi connectivity index (χ2v) is 4.56. The van der Waals surface area contributed by atoms with E-state index in [0.29, 0.717) is 0 Å². The van der Waals surface area contributed by atoms with Gasteiger partial charge in [-0.15, -0.1) is 0 Å². The van der Waals surface area contributed by atoms with E-state index >= 15 is 0 Å². The molecule has 2 aromatic rings. The molecule has 0 aliphatic rings. The number of rotatable bonds is 3. The van der Waals surface area contributed by atoms with Gasteiger partial charge in [0.1, 0.15) is 0 Å². The van der Waals surface area contributed by atoms with Crippen molar-refractivity contribution in [1.82, 2.24) is 9.55 Å². The molecule has 0 unspecified atom stereocenters. The third-order valence-electron chi connectivity index (χ3n) is 3.17. The van der Waals surface area contributed by atoms with Crippen LogP contribution in [0.4, 0.5) is 0 Å². The number of nitrogens with zero attached hydrogens (tertiary/aromatic N) is 2. The Morgan fingerprint density at radius 1 is 1.41 bits per heavy atom. The summed E-state index contributed by atoms with van der Waals surface area (Å²) in [4.78, 5) is 4.14. The summed E-state index contributed by atoms with van der Waals surface area (Å²) >= 11 is 0. The second-order valence-electron chi connectivity index (χ2n) is 4.56. The van der Waals surface area contributed by atoms with Crippen LogP contribution in [0.5, 0.6) is 0 Å². The van der Waals surface area contributed by atoms with Crippen molar-refractivity contribution in [2.75, 3.05) is 0 Å². The van der Waals surface area contributed by atoms with Crippen molar-refractivity contribution in [3.63, 3.8) is 0 Å². The van der Waals surface area contributed by atoms with Crippen LogP contribution in [0.15, 0.2) is 30.6 Å². The van der Waals surface area contributed by atoms with Gasteiger partial charge in [-0.3, -0.25) is 4.98 Å². The fourth-order valence-corrected chi connectivity index (χ4v) is 2.21. The molecule has 0 saturated heterocycles. The van der Waals surface area contributed by atoms with Crippen LogP contribution in [0.1, 0.15) is 35.5 Å². The fraction of sp³-hybridized carbons (Fsp3) is 0.357. The van der Waals surface area contributed by atoms with E-state index in [-0.39, 0.29) is 6.04 Å². The maximum atomic E-state index is 5.96. The number of aryl methyl sites for hydroxylation is 1. The first-order valence-electron chi connectivity index (χ1n) is 5.90. The van der Waals surface area contributed by atoms with Crippen molar-refractivity contribution in [3.8, 4) is 0 Å². The molecule has 0 aliphatic carbocycles. The van der Waals surface area contributed by atoms with Crippen molar-refractivity contribution < 1.29 is 0 Å². The average Bonchev–Trinajstić information content (AvgIpc) is 2.58. The summed E-state index contributed by atoms with van der Waals surface area (Å²) in [5, 5.41) is 0. The van der Waals surface area contributed by atoms with Gasteiger partial charge in [0.25, 0.3) is 0 Å². The van der Waals surface area contributed by atoms with Crippen molar-refractivity contribution in [1.29, 1.82) is 0 Å². The maximum Gasteiger partial charge on any atom is 0.0490 e. The quantitative estimate of drug-likeness (QED) is 0.879. The van der Waals surface area contributed by atoms with E-state index in [2.05, 4.69) is 35.5 Å². The summed E-state index contributed by atoms with van der Waals surface area (Å²) in [5.74, 6) is 0. The van der Waals surface area contributed by atoms with Crippen LogP contribution in [0.25, 0.3) is 0 Å². The third kappa shape index (κ3) is 2.39. The second kappa shape index (κ2) is 4.72. The van der Waals surface area contributed by atoms with Crippen LogP contribution in [-0.2, 0) is 6.54 Å². The summed E-state index contributed by atoms with van der Waals surface area (Å²) in [6.07, 6.45) is 3.71. The summed E-state index contributed by atoms with van der Waals surface area (Å²) in [6, 6.07) is 6.33. The van der Waals surface area contributed by atoms with Crippen LogP contribution >= 0.6 is 0 Å². The van der Waals surface area contributed by atoms with Gasteiger partial charge in [-0.2, -0.15) is 0 Å². The van der Waals surface area contributed by atoms with Gasteiger partial charge < -0.3 is 10.3 Å².